The number of rotatable bonds is 3. The maximum Gasteiger partial charge on any atom is 0.231 e. The van der Waals surface area contributed by atoms with Crippen molar-refractivity contribution in [3.8, 4) is 11.5 Å². The molecule has 4 heteroatoms. The predicted octanol–water partition coefficient (Wildman–Crippen LogP) is 3.79. The normalized spacial score (nSPS) is 12.5. The van der Waals surface area contributed by atoms with Gasteiger partial charge in [-0.15, -0.1) is 0 Å². The molecule has 0 unspecified atom stereocenters. The maximum absolute atomic E-state index is 5.34. The summed E-state index contributed by atoms with van der Waals surface area (Å²) >= 11 is 3.53. The lowest BCUT2D eigenvalue weighted by atomic mass is 10.2. The highest BCUT2D eigenvalue weighted by molar-refractivity contribution is 9.10. The number of halogens is 1. The molecular weight excluding hydrogens is 294 g/mol. The molecule has 1 heterocycles. The molecule has 0 aliphatic carbocycles. The van der Waals surface area contributed by atoms with Crippen molar-refractivity contribution < 1.29 is 9.47 Å². The highest BCUT2D eigenvalue weighted by Gasteiger charge is 2.12. The van der Waals surface area contributed by atoms with Gasteiger partial charge in [-0.05, 0) is 23.8 Å². The monoisotopic (exact) mass is 305 g/mol. The first-order chi connectivity index (χ1) is 8.83. The van der Waals surface area contributed by atoms with Gasteiger partial charge in [0, 0.05) is 22.8 Å². The Balaban J connectivity index is 1.72. The second-order valence-corrected chi connectivity index (χ2v) is 4.87. The Hall–Kier alpha value is -1.68. The number of benzene rings is 2. The SMILES string of the molecule is Brc1ccccc1CNc1ccc2c(c1)OCO2. The van der Waals surface area contributed by atoms with Crippen LogP contribution in [0.25, 0.3) is 0 Å². The number of nitrogens with one attached hydrogen (secondary N) is 1. The van der Waals surface area contributed by atoms with Crippen LogP contribution in [0.2, 0.25) is 0 Å². The van der Waals surface area contributed by atoms with Crippen molar-refractivity contribution in [2.75, 3.05) is 12.1 Å². The van der Waals surface area contributed by atoms with Crippen molar-refractivity contribution in [1.29, 1.82) is 0 Å². The quantitative estimate of drug-likeness (QED) is 0.936. The van der Waals surface area contributed by atoms with Crippen LogP contribution in [-0.4, -0.2) is 6.79 Å². The molecule has 3 rings (SSSR count). The largest absolute Gasteiger partial charge is 0.454 e. The minimum atomic E-state index is 0.309. The van der Waals surface area contributed by atoms with Crippen LogP contribution in [0.4, 0.5) is 5.69 Å². The maximum atomic E-state index is 5.34. The van der Waals surface area contributed by atoms with Crippen molar-refractivity contribution in [1.82, 2.24) is 0 Å². The van der Waals surface area contributed by atoms with Crippen LogP contribution in [0.1, 0.15) is 5.56 Å². The molecule has 0 fully saturated rings. The number of hydrogen-bond acceptors (Lipinski definition) is 3. The zero-order valence-corrected chi connectivity index (χ0v) is 11.2. The van der Waals surface area contributed by atoms with E-state index in [1.807, 2.05) is 36.4 Å². The van der Waals surface area contributed by atoms with Crippen LogP contribution in [-0.2, 0) is 6.54 Å². The second kappa shape index (κ2) is 4.90. The molecule has 1 N–H and O–H groups in total. The summed E-state index contributed by atoms with van der Waals surface area (Å²) in [7, 11) is 0. The van der Waals surface area contributed by atoms with Gasteiger partial charge >= 0.3 is 0 Å². The van der Waals surface area contributed by atoms with Gasteiger partial charge in [0.15, 0.2) is 11.5 Å². The van der Waals surface area contributed by atoms with Gasteiger partial charge in [0.05, 0.1) is 0 Å². The molecule has 1 aliphatic heterocycles. The fourth-order valence-electron chi connectivity index (χ4n) is 1.85. The van der Waals surface area contributed by atoms with Crippen molar-refractivity contribution in [2.45, 2.75) is 6.54 Å². The molecule has 3 nitrogen and oxygen atoms in total. The number of ether oxygens (including phenoxy) is 2. The van der Waals surface area contributed by atoms with E-state index < -0.39 is 0 Å². The van der Waals surface area contributed by atoms with Crippen LogP contribution in [0.5, 0.6) is 11.5 Å². The molecule has 0 saturated heterocycles. The molecule has 0 spiro atoms. The molecule has 0 amide bonds. The summed E-state index contributed by atoms with van der Waals surface area (Å²) < 4.78 is 11.7. The summed E-state index contributed by atoms with van der Waals surface area (Å²) in [5.41, 5.74) is 2.24. The Kier molecular flexibility index (Phi) is 3.11. The molecule has 0 saturated carbocycles. The second-order valence-electron chi connectivity index (χ2n) is 4.01. The smallest absolute Gasteiger partial charge is 0.231 e. The van der Waals surface area contributed by atoms with Gasteiger partial charge in [-0.2, -0.15) is 0 Å². The van der Waals surface area contributed by atoms with E-state index in [1.165, 1.54) is 5.56 Å². The summed E-state index contributed by atoms with van der Waals surface area (Å²) in [6.45, 7) is 1.07. The third-order valence-corrected chi connectivity index (χ3v) is 3.59. The highest BCUT2D eigenvalue weighted by Crippen LogP contribution is 2.34. The minimum absolute atomic E-state index is 0.309. The molecular formula is C14H12BrNO2. The third kappa shape index (κ3) is 2.29. The summed E-state index contributed by atoms with van der Waals surface area (Å²) in [6, 6.07) is 14.0. The molecule has 2 aromatic carbocycles. The zero-order chi connectivity index (χ0) is 12.4. The van der Waals surface area contributed by atoms with E-state index in [9.17, 15) is 0 Å². The van der Waals surface area contributed by atoms with Gasteiger partial charge in [-0.25, -0.2) is 0 Å². The first-order valence-corrected chi connectivity index (χ1v) is 6.49. The van der Waals surface area contributed by atoms with Gasteiger partial charge in [-0.1, -0.05) is 34.1 Å². The van der Waals surface area contributed by atoms with Crippen molar-refractivity contribution in [3.63, 3.8) is 0 Å². The lowest BCUT2D eigenvalue weighted by Gasteiger charge is -2.08. The van der Waals surface area contributed by atoms with E-state index in [0.717, 1.165) is 28.2 Å². The third-order valence-electron chi connectivity index (χ3n) is 2.81. The Labute approximate surface area is 114 Å². The molecule has 0 aromatic heterocycles. The molecule has 92 valence electrons. The van der Waals surface area contributed by atoms with Gasteiger partial charge in [0.1, 0.15) is 0 Å². The summed E-state index contributed by atoms with van der Waals surface area (Å²) in [6.07, 6.45) is 0. The molecule has 18 heavy (non-hydrogen) atoms. The molecule has 0 bridgehead atoms. The summed E-state index contributed by atoms with van der Waals surface area (Å²) in [5.74, 6) is 1.61. The van der Waals surface area contributed by atoms with Gasteiger partial charge in [0.25, 0.3) is 0 Å². The predicted molar refractivity (Wildman–Crippen MR) is 74.0 cm³/mol. The summed E-state index contributed by atoms with van der Waals surface area (Å²) in [4.78, 5) is 0. The summed E-state index contributed by atoms with van der Waals surface area (Å²) in [5, 5.41) is 3.37. The minimum Gasteiger partial charge on any atom is -0.454 e. The molecule has 1 aliphatic rings. The van der Waals surface area contributed by atoms with E-state index in [4.69, 9.17) is 9.47 Å². The fourth-order valence-corrected chi connectivity index (χ4v) is 2.27. The number of fused-ring (bicyclic) bond motifs is 1. The van der Waals surface area contributed by atoms with Crippen LogP contribution < -0.4 is 14.8 Å². The van der Waals surface area contributed by atoms with Gasteiger partial charge < -0.3 is 14.8 Å². The Bertz CT molecular complexity index is 571. The topological polar surface area (TPSA) is 30.5 Å². The lowest BCUT2D eigenvalue weighted by molar-refractivity contribution is 0.174. The lowest BCUT2D eigenvalue weighted by Crippen LogP contribution is -1.99. The van der Waals surface area contributed by atoms with Crippen molar-refractivity contribution >= 4 is 21.6 Å². The standard InChI is InChI=1S/C14H12BrNO2/c15-12-4-2-1-3-10(12)8-16-11-5-6-13-14(7-11)18-9-17-13/h1-7,16H,8-9H2. The van der Waals surface area contributed by atoms with Gasteiger partial charge in [0.2, 0.25) is 6.79 Å². The first-order valence-electron chi connectivity index (χ1n) is 5.70. The van der Waals surface area contributed by atoms with Crippen molar-refractivity contribution in [3.05, 3.63) is 52.5 Å². The van der Waals surface area contributed by atoms with Crippen molar-refractivity contribution in [2.24, 2.45) is 0 Å². The van der Waals surface area contributed by atoms with E-state index in [0.29, 0.717) is 6.79 Å². The van der Waals surface area contributed by atoms with Crippen LogP contribution >= 0.6 is 15.9 Å². The Morgan fingerprint density at radius 1 is 1.06 bits per heavy atom. The zero-order valence-electron chi connectivity index (χ0n) is 9.65. The van der Waals surface area contributed by atoms with E-state index in [-0.39, 0.29) is 0 Å². The number of anilines is 1. The number of hydrogen-bond donors (Lipinski definition) is 1. The van der Waals surface area contributed by atoms with E-state index in [1.54, 1.807) is 0 Å². The fraction of sp³-hybridized carbons (Fsp3) is 0.143. The first kappa shape index (κ1) is 11.4. The van der Waals surface area contributed by atoms with E-state index in [2.05, 4.69) is 27.3 Å². The Morgan fingerprint density at radius 3 is 2.78 bits per heavy atom. The molecule has 0 radical (unpaired) electrons. The average Bonchev–Trinajstić information content (AvgIpc) is 2.85. The van der Waals surface area contributed by atoms with Crippen LogP contribution in [0.3, 0.4) is 0 Å². The van der Waals surface area contributed by atoms with Gasteiger partial charge in [-0.3, -0.25) is 0 Å². The molecule has 0 atom stereocenters. The van der Waals surface area contributed by atoms with E-state index >= 15 is 0 Å². The Morgan fingerprint density at radius 2 is 1.89 bits per heavy atom. The van der Waals surface area contributed by atoms with Crippen LogP contribution in [0, 0.1) is 0 Å². The molecule has 2 aromatic rings. The highest BCUT2D eigenvalue weighted by atomic mass is 79.9. The van der Waals surface area contributed by atoms with Crippen LogP contribution in [0.15, 0.2) is 46.9 Å². The average molecular weight is 306 g/mol.